The van der Waals surface area contributed by atoms with Crippen LogP contribution in [-0.2, 0) is 14.4 Å². The van der Waals surface area contributed by atoms with E-state index in [0.717, 1.165) is 19.4 Å². The molecule has 2 fully saturated rings. The van der Waals surface area contributed by atoms with Crippen molar-refractivity contribution in [2.75, 3.05) is 13.2 Å². The third kappa shape index (κ3) is 2.66. The van der Waals surface area contributed by atoms with E-state index in [1.807, 2.05) is 0 Å². The Labute approximate surface area is 87.7 Å². The van der Waals surface area contributed by atoms with E-state index < -0.39 is 6.04 Å². The normalized spacial score (nSPS) is 30.3. The molecule has 0 saturated carbocycles. The van der Waals surface area contributed by atoms with Gasteiger partial charge < -0.3 is 10.6 Å². The molecule has 6 nitrogen and oxygen atoms in total. The maximum absolute atomic E-state index is 11.5. The number of hydroxylamine groups is 1. The highest BCUT2D eigenvalue weighted by atomic mass is 16.7. The van der Waals surface area contributed by atoms with E-state index in [1.54, 1.807) is 0 Å². The number of hydrogen-bond donors (Lipinski definition) is 3. The molecule has 2 heterocycles. The zero-order valence-electron chi connectivity index (χ0n) is 8.41. The maximum atomic E-state index is 11.5. The summed E-state index contributed by atoms with van der Waals surface area (Å²) in [7, 11) is 0. The van der Waals surface area contributed by atoms with Gasteiger partial charge in [-0.2, -0.15) is 0 Å². The van der Waals surface area contributed by atoms with E-state index in [0.29, 0.717) is 6.42 Å². The van der Waals surface area contributed by atoms with Crippen LogP contribution >= 0.6 is 0 Å². The molecule has 0 aromatic carbocycles. The zero-order valence-corrected chi connectivity index (χ0v) is 8.41. The summed E-state index contributed by atoms with van der Waals surface area (Å²) in [5.74, 6) is -0.372. The standard InChI is InChI=1S/C9H15N3O3/c13-8(4-6-2-1-3-10-6)11-7-5-15-12-9(7)14/h6-7,10H,1-5H2,(H,11,13)(H,12,14)/t6?,7-/m1/s1. The average molecular weight is 213 g/mol. The van der Waals surface area contributed by atoms with Gasteiger partial charge in [-0.3, -0.25) is 14.4 Å². The molecule has 0 bridgehead atoms. The molecule has 15 heavy (non-hydrogen) atoms. The van der Waals surface area contributed by atoms with Crippen LogP contribution in [0, 0.1) is 0 Å². The summed E-state index contributed by atoms with van der Waals surface area (Å²) >= 11 is 0. The van der Waals surface area contributed by atoms with Gasteiger partial charge >= 0.3 is 0 Å². The SMILES string of the molecule is O=C(CC1CCCN1)N[C@@H]1CONC1=O. The molecule has 2 amide bonds. The molecule has 6 heteroatoms. The highest BCUT2D eigenvalue weighted by Gasteiger charge is 2.28. The van der Waals surface area contributed by atoms with Crippen LogP contribution in [0.5, 0.6) is 0 Å². The van der Waals surface area contributed by atoms with Gasteiger partial charge in [0.15, 0.2) is 0 Å². The summed E-state index contributed by atoms with van der Waals surface area (Å²) in [5, 5.41) is 5.87. The molecular weight excluding hydrogens is 198 g/mol. The molecule has 2 atom stereocenters. The first-order valence-corrected chi connectivity index (χ1v) is 5.20. The van der Waals surface area contributed by atoms with Crippen molar-refractivity contribution in [3.8, 4) is 0 Å². The van der Waals surface area contributed by atoms with E-state index in [1.165, 1.54) is 0 Å². The summed E-state index contributed by atoms with van der Waals surface area (Å²) in [5.41, 5.74) is 2.20. The summed E-state index contributed by atoms with van der Waals surface area (Å²) in [6.07, 6.45) is 2.58. The summed E-state index contributed by atoms with van der Waals surface area (Å²) in [6, 6.07) is -0.269. The third-order valence-electron chi connectivity index (χ3n) is 2.67. The fourth-order valence-electron chi connectivity index (χ4n) is 1.86. The fourth-order valence-corrected chi connectivity index (χ4v) is 1.86. The topological polar surface area (TPSA) is 79.5 Å². The van der Waals surface area contributed by atoms with Crippen molar-refractivity contribution in [3.05, 3.63) is 0 Å². The summed E-state index contributed by atoms with van der Waals surface area (Å²) < 4.78 is 0. The van der Waals surface area contributed by atoms with Crippen LogP contribution in [0.25, 0.3) is 0 Å². The predicted molar refractivity (Wildman–Crippen MR) is 51.7 cm³/mol. The quantitative estimate of drug-likeness (QED) is 0.543. The number of carbonyl (C=O) groups is 2. The Kier molecular flexibility index (Phi) is 3.17. The minimum absolute atomic E-state index is 0.0972. The van der Waals surface area contributed by atoms with Gasteiger partial charge in [-0.15, -0.1) is 0 Å². The second-order valence-electron chi connectivity index (χ2n) is 3.89. The zero-order chi connectivity index (χ0) is 10.7. The molecule has 2 aliphatic heterocycles. The van der Waals surface area contributed by atoms with Crippen LogP contribution in [0.2, 0.25) is 0 Å². The van der Waals surface area contributed by atoms with Gasteiger partial charge in [0.05, 0.1) is 0 Å². The molecule has 0 aliphatic carbocycles. The third-order valence-corrected chi connectivity index (χ3v) is 2.67. The number of carbonyl (C=O) groups excluding carboxylic acids is 2. The Hall–Kier alpha value is -1.14. The maximum Gasteiger partial charge on any atom is 0.268 e. The lowest BCUT2D eigenvalue weighted by atomic mass is 10.1. The van der Waals surface area contributed by atoms with Gasteiger partial charge in [0.1, 0.15) is 12.6 Å². The molecule has 2 saturated heterocycles. The van der Waals surface area contributed by atoms with Crippen molar-refractivity contribution < 1.29 is 14.4 Å². The van der Waals surface area contributed by atoms with Crippen molar-refractivity contribution in [1.29, 1.82) is 0 Å². The van der Waals surface area contributed by atoms with Crippen molar-refractivity contribution in [2.45, 2.75) is 31.3 Å². The second-order valence-corrected chi connectivity index (χ2v) is 3.89. The lowest BCUT2D eigenvalue weighted by Crippen LogP contribution is -2.43. The molecular formula is C9H15N3O3. The lowest BCUT2D eigenvalue weighted by Gasteiger charge is -2.12. The van der Waals surface area contributed by atoms with E-state index in [9.17, 15) is 9.59 Å². The van der Waals surface area contributed by atoms with E-state index in [4.69, 9.17) is 4.84 Å². The van der Waals surface area contributed by atoms with Crippen LogP contribution in [0.1, 0.15) is 19.3 Å². The van der Waals surface area contributed by atoms with Gasteiger partial charge in [0.25, 0.3) is 5.91 Å². The Morgan fingerprint density at radius 3 is 3.07 bits per heavy atom. The molecule has 2 aliphatic rings. The minimum atomic E-state index is -0.529. The highest BCUT2D eigenvalue weighted by Crippen LogP contribution is 2.08. The first kappa shape index (κ1) is 10.4. The minimum Gasteiger partial charge on any atom is -0.342 e. The summed E-state index contributed by atoms with van der Waals surface area (Å²) in [6.45, 7) is 1.19. The van der Waals surface area contributed by atoms with Gasteiger partial charge in [0, 0.05) is 12.5 Å². The first-order valence-electron chi connectivity index (χ1n) is 5.20. The van der Waals surface area contributed by atoms with Crippen LogP contribution in [0.15, 0.2) is 0 Å². The van der Waals surface area contributed by atoms with Crippen LogP contribution in [0.4, 0.5) is 0 Å². The van der Waals surface area contributed by atoms with E-state index in [-0.39, 0.29) is 24.5 Å². The smallest absolute Gasteiger partial charge is 0.268 e. The Bertz CT molecular complexity index is 263. The van der Waals surface area contributed by atoms with Crippen LogP contribution < -0.4 is 16.1 Å². The molecule has 0 aromatic rings. The summed E-state index contributed by atoms with van der Waals surface area (Å²) in [4.78, 5) is 27.3. The van der Waals surface area contributed by atoms with Gasteiger partial charge in [-0.1, -0.05) is 0 Å². The first-order chi connectivity index (χ1) is 7.25. The molecule has 0 radical (unpaired) electrons. The van der Waals surface area contributed by atoms with Crippen LogP contribution in [0.3, 0.4) is 0 Å². The Morgan fingerprint density at radius 2 is 2.47 bits per heavy atom. The molecule has 2 rings (SSSR count). The molecule has 1 unspecified atom stereocenters. The van der Waals surface area contributed by atoms with Crippen molar-refractivity contribution in [1.82, 2.24) is 16.1 Å². The Morgan fingerprint density at radius 1 is 1.60 bits per heavy atom. The fraction of sp³-hybridized carbons (Fsp3) is 0.778. The molecule has 0 aromatic heterocycles. The van der Waals surface area contributed by atoms with Crippen molar-refractivity contribution in [3.63, 3.8) is 0 Å². The number of rotatable bonds is 3. The molecule has 3 N–H and O–H groups in total. The highest BCUT2D eigenvalue weighted by molar-refractivity contribution is 5.88. The van der Waals surface area contributed by atoms with Gasteiger partial charge in [-0.25, -0.2) is 5.48 Å². The predicted octanol–water partition coefficient (Wildman–Crippen LogP) is -1.33. The molecule has 0 spiro atoms. The van der Waals surface area contributed by atoms with E-state index in [2.05, 4.69) is 16.1 Å². The molecule has 84 valence electrons. The van der Waals surface area contributed by atoms with Crippen molar-refractivity contribution >= 4 is 11.8 Å². The van der Waals surface area contributed by atoms with E-state index >= 15 is 0 Å². The monoisotopic (exact) mass is 213 g/mol. The average Bonchev–Trinajstić information content (AvgIpc) is 2.79. The number of nitrogens with one attached hydrogen (secondary N) is 3. The second kappa shape index (κ2) is 4.59. The van der Waals surface area contributed by atoms with Gasteiger partial charge in [-0.05, 0) is 19.4 Å². The van der Waals surface area contributed by atoms with Crippen molar-refractivity contribution in [2.24, 2.45) is 0 Å². The number of hydrogen-bond acceptors (Lipinski definition) is 4. The largest absolute Gasteiger partial charge is 0.342 e. The lowest BCUT2D eigenvalue weighted by molar-refractivity contribution is -0.128. The van der Waals surface area contributed by atoms with Crippen LogP contribution in [-0.4, -0.2) is 37.0 Å². The van der Waals surface area contributed by atoms with Gasteiger partial charge in [0.2, 0.25) is 5.91 Å². The Balaban J connectivity index is 1.74. The number of amides is 2.